The van der Waals surface area contributed by atoms with E-state index in [9.17, 15) is 9.59 Å². The SMILES string of the molecule is CC(C)(C)OC(=O)NC(CCSSc1ccccn1)C(=O)O. The highest BCUT2D eigenvalue weighted by atomic mass is 33.1. The van der Waals surface area contributed by atoms with E-state index in [-0.39, 0.29) is 0 Å². The largest absolute Gasteiger partial charge is 0.480 e. The van der Waals surface area contributed by atoms with E-state index < -0.39 is 23.7 Å². The molecule has 1 amide bonds. The second-order valence-corrected chi connectivity index (χ2v) is 7.84. The van der Waals surface area contributed by atoms with Crippen molar-refractivity contribution in [1.29, 1.82) is 0 Å². The molecule has 0 saturated carbocycles. The van der Waals surface area contributed by atoms with Gasteiger partial charge in [0.2, 0.25) is 0 Å². The van der Waals surface area contributed by atoms with Crippen molar-refractivity contribution in [3.8, 4) is 0 Å². The van der Waals surface area contributed by atoms with Crippen LogP contribution in [0.25, 0.3) is 0 Å². The quantitative estimate of drug-likeness (QED) is 0.580. The zero-order valence-corrected chi connectivity index (χ0v) is 14.4. The van der Waals surface area contributed by atoms with Crippen LogP contribution in [0, 0.1) is 0 Å². The summed E-state index contributed by atoms with van der Waals surface area (Å²) in [6, 6.07) is 4.64. The Balaban J connectivity index is 2.35. The third-order valence-corrected chi connectivity index (χ3v) is 4.56. The molecule has 0 spiro atoms. The number of ether oxygens (including phenoxy) is 1. The van der Waals surface area contributed by atoms with Crippen LogP contribution < -0.4 is 5.32 Å². The molecule has 0 saturated heterocycles. The summed E-state index contributed by atoms with van der Waals surface area (Å²) in [5.74, 6) is -0.511. The number of hydrogen-bond donors (Lipinski definition) is 2. The van der Waals surface area contributed by atoms with Crippen LogP contribution in [-0.2, 0) is 9.53 Å². The Kier molecular flexibility index (Phi) is 7.53. The van der Waals surface area contributed by atoms with Gasteiger partial charge in [-0.3, -0.25) is 0 Å². The Morgan fingerprint density at radius 2 is 2.14 bits per heavy atom. The number of carbonyl (C=O) groups is 2. The molecule has 0 aliphatic carbocycles. The smallest absolute Gasteiger partial charge is 0.408 e. The summed E-state index contributed by atoms with van der Waals surface area (Å²) in [6.07, 6.45) is 1.29. The van der Waals surface area contributed by atoms with E-state index in [0.29, 0.717) is 12.2 Å². The molecule has 0 fully saturated rings. The molecule has 1 heterocycles. The maximum absolute atomic E-state index is 11.6. The van der Waals surface area contributed by atoms with Crippen LogP contribution in [0.4, 0.5) is 4.79 Å². The Hall–Kier alpha value is -1.41. The normalized spacial score (nSPS) is 12.5. The molecule has 6 nitrogen and oxygen atoms in total. The number of nitrogens with one attached hydrogen (secondary N) is 1. The van der Waals surface area contributed by atoms with Crippen LogP contribution in [0.1, 0.15) is 27.2 Å². The molecule has 2 N–H and O–H groups in total. The first-order valence-electron chi connectivity index (χ1n) is 6.71. The Morgan fingerprint density at radius 1 is 1.41 bits per heavy atom. The van der Waals surface area contributed by atoms with Gasteiger partial charge in [0.1, 0.15) is 16.7 Å². The van der Waals surface area contributed by atoms with Gasteiger partial charge in [0.25, 0.3) is 0 Å². The summed E-state index contributed by atoms with van der Waals surface area (Å²) in [7, 11) is 2.96. The van der Waals surface area contributed by atoms with Gasteiger partial charge in [-0.25, -0.2) is 14.6 Å². The van der Waals surface area contributed by atoms with Gasteiger partial charge in [0.05, 0.1) is 0 Å². The molecule has 0 aliphatic rings. The summed E-state index contributed by atoms with van der Waals surface area (Å²) in [6.45, 7) is 5.17. The number of amides is 1. The average Bonchev–Trinajstić information content (AvgIpc) is 2.41. The number of aliphatic carboxylic acids is 1. The lowest BCUT2D eigenvalue weighted by molar-refractivity contribution is -0.139. The number of carboxylic acids is 1. The van der Waals surface area contributed by atoms with Gasteiger partial charge in [0, 0.05) is 11.9 Å². The van der Waals surface area contributed by atoms with Crippen LogP contribution in [-0.4, -0.2) is 39.5 Å². The van der Waals surface area contributed by atoms with Crippen LogP contribution in [0.3, 0.4) is 0 Å². The van der Waals surface area contributed by atoms with Crippen LogP contribution in [0.5, 0.6) is 0 Å². The van der Waals surface area contributed by atoms with Crippen molar-refractivity contribution >= 4 is 33.7 Å². The van der Waals surface area contributed by atoms with E-state index in [1.807, 2.05) is 18.2 Å². The van der Waals surface area contributed by atoms with Crippen molar-refractivity contribution in [3.63, 3.8) is 0 Å². The molecule has 8 heteroatoms. The Labute approximate surface area is 137 Å². The minimum Gasteiger partial charge on any atom is -0.480 e. The molecule has 0 radical (unpaired) electrons. The topological polar surface area (TPSA) is 88.5 Å². The lowest BCUT2D eigenvalue weighted by Crippen LogP contribution is -2.43. The monoisotopic (exact) mass is 344 g/mol. The number of nitrogens with zero attached hydrogens (tertiary/aromatic N) is 1. The summed E-state index contributed by atoms with van der Waals surface area (Å²) in [4.78, 5) is 26.9. The predicted octanol–water partition coefficient (Wildman–Crippen LogP) is 3.19. The Bertz CT molecular complexity index is 491. The van der Waals surface area contributed by atoms with Crippen molar-refractivity contribution in [2.75, 3.05) is 5.75 Å². The van der Waals surface area contributed by atoms with Gasteiger partial charge in [-0.2, -0.15) is 0 Å². The lowest BCUT2D eigenvalue weighted by atomic mass is 10.2. The number of hydrogen-bond acceptors (Lipinski definition) is 6. The van der Waals surface area contributed by atoms with Crippen molar-refractivity contribution in [3.05, 3.63) is 24.4 Å². The molecule has 1 atom stereocenters. The molecule has 1 aromatic heterocycles. The van der Waals surface area contributed by atoms with E-state index in [1.165, 1.54) is 21.6 Å². The molecule has 22 heavy (non-hydrogen) atoms. The third-order valence-electron chi connectivity index (χ3n) is 2.26. The van der Waals surface area contributed by atoms with E-state index in [0.717, 1.165) is 5.03 Å². The fourth-order valence-electron chi connectivity index (χ4n) is 1.37. The minimum absolute atomic E-state index is 0.305. The van der Waals surface area contributed by atoms with Crippen molar-refractivity contribution in [2.45, 2.75) is 43.9 Å². The highest BCUT2D eigenvalue weighted by Crippen LogP contribution is 2.29. The number of carbonyl (C=O) groups excluding carboxylic acids is 1. The fraction of sp³-hybridized carbons (Fsp3) is 0.500. The number of pyridine rings is 1. The highest BCUT2D eigenvalue weighted by Gasteiger charge is 2.23. The van der Waals surface area contributed by atoms with E-state index in [1.54, 1.807) is 27.0 Å². The second-order valence-electron chi connectivity index (χ2n) is 5.40. The molecule has 0 aromatic carbocycles. The standard InChI is InChI=1S/C14H20N2O4S2/c1-14(2,3)20-13(19)16-10(12(17)18)7-9-21-22-11-6-4-5-8-15-11/h4-6,8,10H,7,9H2,1-3H3,(H,16,19)(H,17,18). The van der Waals surface area contributed by atoms with Crippen molar-refractivity contribution in [2.24, 2.45) is 0 Å². The van der Waals surface area contributed by atoms with Crippen molar-refractivity contribution in [1.82, 2.24) is 10.3 Å². The summed E-state index contributed by atoms with van der Waals surface area (Å²) < 4.78 is 5.06. The van der Waals surface area contributed by atoms with Gasteiger partial charge in [-0.15, -0.1) is 0 Å². The number of rotatable bonds is 7. The molecular weight excluding hydrogens is 324 g/mol. The first-order chi connectivity index (χ1) is 10.3. The first kappa shape index (κ1) is 18.6. The van der Waals surface area contributed by atoms with Gasteiger partial charge in [0.15, 0.2) is 0 Å². The summed E-state index contributed by atoms with van der Waals surface area (Å²) in [5, 5.41) is 12.4. The second kappa shape index (κ2) is 8.89. The zero-order chi connectivity index (χ0) is 16.6. The maximum Gasteiger partial charge on any atom is 0.408 e. The van der Waals surface area contributed by atoms with Gasteiger partial charge in [-0.1, -0.05) is 16.9 Å². The van der Waals surface area contributed by atoms with Crippen LogP contribution >= 0.6 is 21.6 Å². The molecule has 0 bridgehead atoms. The first-order valence-corrected chi connectivity index (χ1v) is 9.02. The number of aromatic nitrogens is 1. The maximum atomic E-state index is 11.6. The molecule has 122 valence electrons. The van der Waals surface area contributed by atoms with Gasteiger partial charge < -0.3 is 15.2 Å². The average molecular weight is 344 g/mol. The Morgan fingerprint density at radius 3 is 2.68 bits per heavy atom. The summed E-state index contributed by atoms with van der Waals surface area (Å²) in [5.41, 5.74) is -0.656. The molecule has 0 aliphatic heterocycles. The van der Waals surface area contributed by atoms with E-state index >= 15 is 0 Å². The molecule has 1 rings (SSSR count). The predicted molar refractivity (Wildman–Crippen MR) is 88.0 cm³/mol. The third kappa shape index (κ3) is 8.14. The lowest BCUT2D eigenvalue weighted by Gasteiger charge is -2.21. The number of alkyl carbamates (subject to hydrolysis) is 1. The van der Waals surface area contributed by atoms with E-state index in [4.69, 9.17) is 9.84 Å². The molecule has 1 aromatic rings. The minimum atomic E-state index is -1.07. The molecule has 1 unspecified atom stereocenters. The molecular formula is C14H20N2O4S2. The van der Waals surface area contributed by atoms with Gasteiger partial charge >= 0.3 is 12.1 Å². The fourth-order valence-corrected chi connectivity index (χ4v) is 3.34. The van der Waals surface area contributed by atoms with Gasteiger partial charge in [-0.05, 0) is 50.1 Å². The number of carboxylic acid groups (broad SMARTS) is 1. The van der Waals surface area contributed by atoms with Crippen LogP contribution in [0.2, 0.25) is 0 Å². The van der Waals surface area contributed by atoms with E-state index in [2.05, 4.69) is 10.3 Å². The van der Waals surface area contributed by atoms with Crippen LogP contribution in [0.15, 0.2) is 29.4 Å². The van der Waals surface area contributed by atoms with Crippen molar-refractivity contribution < 1.29 is 19.4 Å². The zero-order valence-electron chi connectivity index (χ0n) is 12.7. The summed E-state index contributed by atoms with van der Waals surface area (Å²) >= 11 is 0. The highest BCUT2D eigenvalue weighted by molar-refractivity contribution is 8.76.